The number of nitro groups is 1. The zero-order valence-corrected chi connectivity index (χ0v) is 13.0. The summed E-state index contributed by atoms with van der Waals surface area (Å²) in [4.78, 5) is 27.1. The van der Waals surface area contributed by atoms with E-state index >= 15 is 0 Å². The number of benzene rings is 1. The molecule has 0 bridgehead atoms. The van der Waals surface area contributed by atoms with E-state index in [1.165, 1.54) is 18.6 Å². The third-order valence-electron chi connectivity index (χ3n) is 4.57. The Labute approximate surface area is 134 Å². The molecule has 2 fully saturated rings. The molecule has 124 valence electrons. The van der Waals surface area contributed by atoms with Gasteiger partial charge in [0.25, 0.3) is 11.6 Å². The Kier molecular flexibility index (Phi) is 4.47. The van der Waals surface area contributed by atoms with E-state index in [0.717, 1.165) is 31.6 Å². The van der Waals surface area contributed by atoms with Crippen molar-refractivity contribution in [1.82, 2.24) is 4.90 Å². The second-order valence-corrected chi connectivity index (χ2v) is 6.20. The Bertz CT molecular complexity index is 613. The van der Waals surface area contributed by atoms with E-state index in [-0.39, 0.29) is 11.6 Å². The van der Waals surface area contributed by atoms with Crippen LogP contribution in [-0.4, -0.2) is 53.1 Å². The molecule has 2 saturated heterocycles. The molecule has 1 aromatic rings. The monoisotopic (exact) mass is 319 g/mol. The number of β-amino-alcohol motifs (C(OH)–C–C–N with tert-alkyl or cyclic N) is 1. The zero-order valence-electron chi connectivity index (χ0n) is 13.0. The summed E-state index contributed by atoms with van der Waals surface area (Å²) < 4.78 is 0. The van der Waals surface area contributed by atoms with Gasteiger partial charge in [0.1, 0.15) is 0 Å². The van der Waals surface area contributed by atoms with E-state index in [4.69, 9.17) is 0 Å². The number of amides is 1. The van der Waals surface area contributed by atoms with Gasteiger partial charge in [0, 0.05) is 38.3 Å². The lowest BCUT2D eigenvalue weighted by Crippen LogP contribution is -2.34. The first-order chi connectivity index (χ1) is 11.1. The van der Waals surface area contributed by atoms with Crippen molar-refractivity contribution in [2.45, 2.75) is 31.8 Å². The third kappa shape index (κ3) is 3.29. The first kappa shape index (κ1) is 15.7. The van der Waals surface area contributed by atoms with Crippen molar-refractivity contribution in [1.29, 1.82) is 0 Å². The van der Waals surface area contributed by atoms with Crippen LogP contribution in [-0.2, 0) is 0 Å². The summed E-state index contributed by atoms with van der Waals surface area (Å²) in [6, 6.07) is 4.51. The van der Waals surface area contributed by atoms with Crippen LogP contribution in [0.2, 0.25) is 0 Å². The van der Waals surface area contributed by atoms with Gasteiger partial charge in [0.15, 0.2) is 0 Å². The van der Waals surface area contributed by atoms with Gasteiger partial charge in [0.2, 0.25) is 0 Å². The van der Waals surface area contributed by atoms with E-state index in [1.54, 1.807) is 11.0 Å². The van der Waals surface area contributed by atoms with Crippen LogP contribution in [0.3, 0.4) is 0 Å². The van der Waals surface area contributed by atoms with Crippen molar-refractivity contribution >= 4 is 17.3 Å². The number of piperidine rings is 1. The van der Waals surface area contributed by atoms with Crippen LogP contribution >= 0.6 is 0 Å². The van der Waals surface area contributed by atoms with Crippen molar-refractivity contribution < 1.29 is 14.8 Å². The molecule has 2 aliphatic heterocycles. The highest BCUT2D eigenvalue weighted by atomic mass is 16.6. The average molecular weight is 319 g/mol. The summed E-state index contributed by atoms with van der Waals surface area (Å²) in [5, 5.41) is 20.7. The molecule has 1 amide bonds. The second-order valence-electron chi connectivity index (χ2n) is 6.20. The third-order valence-corrected chi connectivity index (χ3v) is 4.57. The van der Waals surface area contributed by atoms with Gasteiger partial charge in [-0.15, -0.1) is 0 Å². The van der Waals surface area contributed by atoms with Gasteiger partial charge in [-0.1, -0.05) is 0 Å². The Balaban J connectivity index is 1.95. The highest BCUT2D eigenvalue weighted by Crippen LogP contribution is 2.29. The Morgan fingerprint density at radius 2 is 1.96 bits per heavy atom. The summed E-state index contributed by atoms with van der Waals surface area (Å²) in [6.07, 6.45) is 3.35. The quantitative estimate of drug-likeness (QED) is 0.678. The van der Waals surface area contributed by atoms with Crippen molar-refractivity contribution in [3.05, 3.63) is 33.9 Å². The lowest BCUT2D eigenvalue weighted by molar-refractivity contribution is -0.384. The summed E-state index contributed by atoms with van der Waals surface area (Å²) in [5.41, 5.74) is 1.06. The van der Waals surface area contributed by atoms with E-state index in [2.05, 4.69) is 4.90 Å². The number of hydrogen-bond acceptors (Lipinski definition) is 5. The smallest absolute Gasteiger partial charge is 0.270 e. The zero-order chi connectivity index (χ0) is 16.4. The molecule has 0 spiro atoms. The largest absolute Gasteiger partial charge is 0.391 e. The maximum atomic E-state index is 12.8. The van der Waals surface area contributed by atoms with Gasteiger partial charge in [-0.2, -0.15) is 0 Å². The molecule has 0 aromatic heterocycles. The number of carbonyl (C=O) groups is 1. The minimum absolute atomic E-state index is 0.0751. The number of nitrogens with zero attached hydrogens (tertiary/aromatic N) is 3. The Hall–Kier alpha value is -2.15. The van der Waals surface area contributed by atoms with E-state index in [9.17, 15) is 20.0 Å². The first-order valence-corrected chi connectivity index (χ1v) is 8.07. The molecule has 2 aliphatic rings. The molecule has 1 aromatic carbocycles. The van der Waals surface area contributed by atoms with E-state index in [1.807, 2.05) is 0 Å². The maximum Gasteiger partial charge on any atom is 0.270 e. The number of anilines is 1. The van der Waals surface area contributed by atoms with Crippen LogP contribution in [0.4, 0.5) is 11.4 Å². The van der Waals surface area contributed by atoms with E-state index < -0.39 is 11.0 Å². The van der Waals surface area contributed by atoms with Crippen LogP contribution in [0.25, 0.3) is 0 Å². The number of hydrogen-bond donors (Lipinski definition) is 1. The Morgan fingerprint density at radius 1 is 1.22 bits per heavy atom. The van der Waals surface area contributed by atoms with Crippen LogP contribution in [0, 0.1) is 10.1 Å². The van der Waals surface area contributed by atoms with Crippen LogP contribution in [0.15, 0.2) is 18.2 Å². The molecular formula is C16H21N3O4. The molecule has 0 aliphatic carbocycles. The number of aliphatic hydroxyl groups excluding tert-OH is 1. The predicted octanol–water partition coefficient (Wildman–Crippen LogP) is 1.79. The van der Waals surface area contributed by atoms with E-state index in [0.29, 0.717) is 25.1 Å². The predicted molar refractivity (Wildman–Crippen MR) is 85.7 cm³/mol. The number of aliphatic hydroxyl groups is 1. The minimum Gasteiger partial charge on any atom is -0.391 e. The standard InChI is InChI=1S/C16H21N3O4/c20-13-6-9-18(11-13)16(21)14-10-12(19(22)23)4-5-15(14)17-7-2-1-3-8-17/h4-5,10,13,20H,1-3,6-9,11H2/t13-/m0/s1. The molecule has 2 heterocycles. The van der Waals surface area contributed by atoms with Crippen molar-refractivity contribution in [3.8, 4) is 0 Å². The van der Waals surface area contributed by atoms with Crippen LogP contribution < -0.4 is 4.90 Å². The fourth-order valence-electron chi connectivity index (χ4n) is 3.32. The van der Waals surface area contributed by atoms with Gasteiger partial charge in [-0.05, 0) is 31.7 Å². The normalized spacial score (nSPS) is 21.5. The van der Waals surface area contributed by atoms with Crippen molar-refractivity contribution in [2.24, 2.45) is 0 Å². The summed E-state index contributed by atoms with van der Waals surface area (Å²) >= 11 is 0. The molecule has 23 heavy (non-hydrogen) atoms. The van der Waals surface area contributed by atoms with Crippen LogP contribution in [0.1, 0.15) is 36.0 Å². The van der Waals surface area contributed by atoms with Crippen molar-refractivity contribution in [2.75, 3.05) is 31.1 Å². The number of non-ortho nitro benzene ring substituents is 1. The van der Waals surface area contributed by atoms with Gasteiger partial charge in [0.05, 0.1) is 22.3 Å². The molecule has 0 radical (unpaired) electrons. The van der Waals surface area contributed by atoms with Gasteiger partial charge in [-0.25, -0.2) is 0 Å². The molecule has 3 rings (SSSR count). The second kappa shape index (κ2) is 6.54. The number of rotatable bonds is 3. The maximum absolute atomic E-state index is 12.8. The summed E-state index contributed by atoms with van der Waals surface area (Å²) in [6.45, 7) is 2.50. The number of carbonyl (C=O) groups excluding carboxylic acids is 1. The highest BCUT2D eigenvalue weighted by molar-refractivity contribution is 6.00. The Morgan fingerprint density at radius 3 is 2.57 bits per heavy atom. The number of likely N-dealkylation sites (tertiary alicyclic amines) is 1. The molecule has 1 N–H and O–H groups in total. The summed E-state index contributed by atoms with van der Waals surface area (Å²) in [5.74, 6) is -0.231. The van der Waals surface area contributed by atoms with Crippen LogP contribution in [0.5, 0.6) is 0 Å². The molecule has 7 heteroatoms. The molecule has 0 saturated carbocycles. The number of nitro benzene ring substituents is 1. The van der Waals surface area contributed by atoms with Gasteiger partial charge >= 0.3 is 0 Å². The fraction of sp³-hybridized carbons (Fsp3) is 0.562. The molecular weight excluding hydrogens is 298 g/mol. The summed E-state index contributed by atoms with van der Waals surface area (Å²) in [7, 11) is 0. The molecule has 0 unspecified atom stereocenters. The molecule has 1 atom stereocenters. The van der Waals surface area contributed by atoms with Gasteiger partial charge in [-0.3, -0.25) is 14.9 Å². The van der Waals surface area contributed by atoms with Crippen molar-refractivity contribution in [3.63, 3.8) is 0 Å². The minimum atomic E-state index is -0.504. The highest BCUT2D eigenvalue weighted by Gasteiger charge is 2.29. The lowest BCUT2D eigenvalue weighted by atomic mass is 10.1. The lowest BCUT2D eigenvalue weighted by Gasteiger charge is -2.31. The topological polar surface area (TPSA) is 86.9 Å². The van der Waals surface area contributed by atoms with Gasteiger partial charge < -0.3 is 14.9 Å². The fourth-order valence-corrected chi connectivity index (χ4v) is 3.32. The SMILES string of the molecule is O=C(c1cc([N+](=O)[O-])ccc1N1CCCCC1)N1CC[C@H](O)C1. The molecule has 7 nitrogen and oxygen atoms in total. The first-order valence-electron chi connectivity index (χ1n) is 8.07. The average Bonchev–Trinajstić information content (AvgIpc) is 3.01.